The Morgan fingerprint density at radius 1 is 1.50 bits per heavy atom. The molecule has 0 fully saturated rings. The van der Waals surface area contributed by atoms with E-state index >= 15 is 0 Å². The Balaban J connectivity index is 2.02. The van der Waals surface area contributed by atoms with E-state index in [2.05, 4.69) is 39.1 Å². The maximum Gasteiger partial charge on any atom is 0.203 e. The zero-order valence-corrected chi connectivity index (χ0v) is 10.6. The van der Waals surface area contributed by atoms with Gasteiger partial charge in [-0.25, -0.2) is 9.97 Å². The molecule has 0 saturated heterocycles. The third-order valence-electron chi connectivity index (χ3n) is 2.29. The lowest BCUT2D eigenvalue weighted by Gasteiger charge is -2.11. The smallest absolute Gasteiger partial charge is 0.203 e. The van der Waals surface area contributed by atoms with Gasteiger partial charge in [-0.2, -0.15) is 0 Å². The molecule has 0 amide bonds. The summed E-state index contributed by atoms with van der Waals surface area (Å²) in [6.07, 6.45) is 3.80. The average Bonchev–Trinajstić information content (AvgIpc) is 2.83. The van der Waals surface area contributed by atoms with Crippen LogP contribution in [0.5, 0.6) is 0 Å². The highest BCUT2D eigenvalue weighted by atomic mass is 32.1. The largest absolute Gasteiger partial charge is 0.349 e. The molecule has 0 aliphatic carbocycles. The molecule has 0 bridgehead atoms. The van der Waals surface area contributed by atoms with E-state index in [0.717, 1.165) is 23.2 Å². The Morgan fingerprint density at radius 2 is 2.31 bits per heavy atom. The first-order valence-electron chi connectivity index (χ1n) is 5.34. The number of aromatic nitrogens is 3. The van der Waals surface area contributed by atoms with Gasteiger partial charge in [0.15, 0.2) is 0 Å². The molecule has 0 aliphatic heterocycles. The number of hydrogen-bond acceptors (Lipinski definition) is 4. The number of nitrogens with zero attached hydrogens (tertiary/aromatic N) is 3. The Labute approximate surface area is 99.4 Å². The molecule has 5 heteroatoms. The van der Waals surface area contributed by atoms with Crippen LogP contribution in [-0.2, 0) is 6.54 Å². The molecule has 2 heterocycles. The van der Waals surface area contributed by atoms with Crippen LogP contribution in [0.4, 0.5) is 5.95 Å². The van der Waals surface area contributed by atoms with Crippen LogP contribution in [0.1, 0.15) is 30.6 Å². The molecule has 0 aliphatic rings. The summed E-state index contributed by atoms with van der Waals surface area (Å²) < 4.78 is 2.11. The highest BCUT2D eigenvalue weighted by molar-refractivity contribution is 7.09. The second-order valence-electron chi connectivity index (χ2n) is 3.99. The van der Waals surface area contributed by atoms with Crippen molar-refractivity contribution in [3.8, 4) is 0 Å². The van der Waals surface area contributed by atoms with E-state index in [1.165, 1.54) is 0 Å². The standard InChI is InChI=1S/C11H16N4S/c1-8(2)15-5-4-12-11(15)13-6-10-14-9(3)7-16-10/h4-5,7-8H,6H2,1-3H3,(H,12,13). The monoisotopic (exact) mass is 236 g/mol. The van der Waals surface area contributed by atoms with Crippen LogP contribution >= 0.6 is 11.3 Å². The summed E-state index contributed by atoms with van der Waals surface area (Å²) in [6.45, 7) is 7.03. The SMILES string of the molecule is Cc1csc(CNc2nccn2C(C)C)n1. The van der Waals surface area contributed by atoms with Gasteiger partial charge in [0.2, 0.25) is 5.95 Å². The van der Waals surface area contributed by atoms with Gasteiger partial charge in [0.25, 0.3) is 0 Å². The summed E-state index contributed by atoms with van der Waals surface area (Å²) in [5.41, 5.74) is 1.08. The number of thiazole rings is 1. The molecule has 0 atom stereocenters. The van der Waals surface area contributed by atoms with Gasteiger partial charge in [-0.3, -0.25) is 0 Å². The molecule has 2 aromatic rings. The van der Waals surface area contributed by atoms with Gasteiger partial charge >= 0.3 is 0 Å². The van der Waals surface area contributed by atoms with Gasteiger partial charge in [0.05, 0.1) is 6.54 Å². The summed E-state index contributed by atoms with van der Waals surface area (Å²) in [4.78, 5) is 8.69. The van der Waals surface area contributed by atoms with Crippen LogP contribution in [0.2, 0.25) is 0 Å². The van der Waals surface area contributed by atoms with Crippen LogP contribution in [0.15, 0.2) is 17.8 Å². The molecule has 16 heavy (non-hydrogen) atoms. The Kier molecular flexibility index (Phi) is 3.24. The van der Waals surface area contributed by atoms with Crippen LogP contribution < -0.4 is 5.32 Å². The maximum atomic E-state index is 4.40. The lowest BCUT2D eigenvalue weighted by atomic mass is 10.4. The van der Waals surface area contributed by atoms with E-state index in [4.69, 9.17) is 0 Å². The van der Waals surface area contributed by atoms with E-state index < -0.39 is 0 Å². The van der Waals surface area contributed by atoms with Crippen molar-refractivity contribution in [2.24, 2.45) is 0 Å². The van der Waals surface area contributed by atoms with E-state index in [9.17, 15) is 0 Å². The predicted molar refractivity (Wildman–Crippen MR) is 66.8 cm³/mol. The van der Waals surface area contributed by atoms with Crippen molar-refractivity contribution in [2.45, 2.75) is 33.4 Å². The topological polar surface area (TPSA) is 42.7 Å². The number of imidazole rings is 1. The van der Waals surface area contributed by atoms with Gasteiger partial charge in [-0.1, -0.05) is 0 Å². The van der Waals surface area contributed by atoms with Crippen molar-refractivity contribution >= 4 is 17.3 Å². The number of aryl methyl sites for hydroxylation is 1. The van der Waals surface area contributed by atoms with Gasteiger partial charge < -0.3 is 9.88 Å². The third-order valence-corrected chi connectivity index (χ3v) is 3.26. The Hall–Kier alpha value is -1.36. The van der Waals surface area contributed by atoms with Gasteiger partial charge in [-0.15, -0.1) is 11.3 Å². The van der Waals surface area contributed by atoms with Crippen LogP contribution in [-0.4, -0.2) is 14.5 Å². The van der Waals surface area contributed by atoms with Gasteiger partial charge in [-0.05, 0) is 20.8 Å². The molecule has 86 valence electrons. The second kappa shape index (κ2) is 4.65. The quantitative estimate of drug-likeness (QED) is 0.887. The first kappa shape index (κ1) is 11.1. The minimum atomic E-state index is 0.419. The third kappa shape index (κ3) is 2.41. The lowest BCUT2D eigenvalue weighted by Crippen LogP contribution is -2.08. The predicted octanol–water partition coefficient (Wildman–Crippen LogP) is 2.84. The summed E-state index contributed by atoms with van der Waals surface area (Å²) in [5, 5.41) is 6.46. The fraction of sp³-hybridized carbons (Fsp3) is 0.455. The highest BCUT2D eigenvalue weighted by Gasteiger charge is 2.06. The number of anilines is 1. The Morgan fingerprint density at radius 3 is 2.94 bits per heavy atom. The molecule has 2 aromatic heterocycles. The zero-order chi connectivity index (χ0) is 11.5. The minimum Gasteiger partial charge on any atom is -0.349 e. The van der Waals surface area contributed by atoms with E-state index in [1.807, 2.05) is 19.3 Å². The fourth-order valence-corrected chi connectivity index (χ4v) is 2.22. The molecule has 0 aromatic carbocycles. The number of hydrogen-bond donors (Lipinski definition) is 1. The molecule has 0 saturated carbocycles. The molecular weight excluding hydrogens is 220 g/mol. The average molecular weight is 236 g/mol. The molecule has 1 N–H and O–H groups in total. The molecule has 0 spiro atoms. The molecule has 2 rings (SSSR count). The first-order valence-corrected chi connectivity index (χ1v) is 6.22. The van der Waals surface area contributed by atoms with E-state index in [0.29, 0.717) is 6.04 Å². The van der Waals surface area contributed by atoms with Crippen molar-refractivity contribution in [3.05, 3.63) is 28.5 Å². The zero-order valence-electron chi connectivity index (χ0n) is 9.77. The highest BCUT2D eigenvalue weighted by Crippen LogP contribution is 2.15. The number of nitrogens with one attached hydrogen (secondary N) is 1. The van der Waals surface area contributed by atoms with Crippen LogP contribution in [0, 0.1) is 6.92 Å². The van der Waals surface area contributed by atoms with E-state index in [-0.39, 0.29) is 0 Å². The summed E-state index contributed by atoms with van der Waals surface area (Å²) in [5.74, 6) is 0.905. The lowest BCUT2D eigenvalue weighted by molar-refractivity contribution is 0.604. The van der Waals surface area contributed by atoms with Crippen molar-refractivity contribution in [3.63, 3.8) is 0 Å². The summed E-state index contributed by atoms with van der Waals surface area (Å²) >= 11 is 1.67. The summed E-state index contributed by atoms with van der Waals surface area (Å²) in [7, 11) is 0. The molecule has 0 unspecified atom stereocenters. The van der Waals surface area contributed by atoms with Crippen LogP contribution in [0.25, 0.3) is 0 Å². The normalized spacial score (nSPS) is 11.0. The fourth-order valence-electron chi connectivity index (χ4n) is 1.51. The summed E-state index contributed by atoms with van der Waals surface area (Å²) in [6, 6.07) is 0.419. The second-order valence-corrected chi connectivity index (χ2v) is 4.93. The van der Waals surface area contributed by atoms with Crippen molar-refractivity contribution in [2.75, 3.05) is 5.32 Å². The van der Waals surface area contributed by atoms with Gasteiger partial charge in [0, 0.05) is 29.5 Å². The first-order chi connectivity index (χ1) is 7.66. The maximum absolute atomic E-state index is 4.40. The molecular formula is C11H16N4S. The number of rotatable bonds is 4. The molecule has 4 nitrogen and oxygen atoms in total. The van der Waals surface area contributed by atoms with Crippen molar-refractivity contribution in [1.29, 1.82) is 0 Å². The van der Waals surface area contributed by atoms with Gasteiger partial charge in [0.1, 0.15) is 5.01 Å². The Bertz CT molecular complexity index is 458. The van der Waals surface area contributed by atoms with Crippen LogP contribution in [0.3, 0.4) is 0 Å². The molecule has 0 radical (unpaired) electrons. The van der Waals surface area contributed by atoms with E-state index in [1.54, 1.807) is 11.3 Å². The van der Waals surface area contributed by atoms with Crippen molar-refractivity contribution < 1.29 is 0 Å². The minimum absolute atomic E-state index is 0.419. The van der Waals surface area contributed by atoms with Crippen molar-refractivity contribution in [1.82, 2.24) is 14.5 Å².